The Hall–Kier alpha value is -0.460. The Kier molecular flexibility index (Phi) is 5.18. The minimum absolute atomic E-state index is 1.02. The van der Waals surface area contributed by atoms with Crippen LogP contribution < -0.4 is 5.32 Å². The van der Waals surface area contributed by atoms with Gasteiger partial charge in [0.05, 0.1) is 0 Å². The molecule has 0 aliphatic heterocycles. The third-order valence-electron chi connectivity index (χ3n) is 0.676. The molecule has 1 N–H and O–H groups in total. The van der Waals surface area contributed by atoms with Crippen LogP contribution in [0.1, 0.15) is 20.3 Å². The molecule has 1 heteroatoms. The Labute approximate surface area is 45.4 Å². The van der Waals surface area contributed by atoms with E-state index in [2.05, 4.69) is 25.2 Å². The van der Waals surface area contributed by atoms with Crippen LogP contribution in [0.25, 0.3) is 0 Å². The Bertz CT molecular complexity index is 48.1. The quantitative estimate of drug-likeness (QED) is 0.565. The lowest BCUT2D eigenvalue weighted by Crippen LogP contribution is -2.00. The molecule has 0 aliphatic carbocycles. The summed E-state index contributed by atoms with van der Waals surface area (Å²) in [5.74, 6) is 0. The van der Waals surface area contributed by atoms with Crippen LogP contribution in [0.3, 0.4) is 0 Å². The summed E-state index contributed by atoms with van der Waals surface area (Å²) in [6, 6.07) is 0. The van der Waals surface area contributed by atoms with Crippen molar-refractivity contribution in [2.24, 2.45) is 0 Å². The molecule has 7 heavy (non-hydrogen) atoms. The van der Waals surface area contributed by atoms with E-state index in [-0.39, 0.29) is 0 Å². The first-order chi connectivity index (χ1) is 3.41. The summed E-state index contributed by atoms with van der Waals surface area (Å²) in [6.45, 7) is 5.23. The summed E-state index contributed by atoms with van der Waals surface area (Å²) in [6.07, 6.45) is 5.20. The highest BCUT2D eigenvalue weighted by Crippen LogP contribution is 1.73. The Morgan fingerprint density at radius 1 is 1.43 bits per heavy atom. The zero-order valence-electron chi connectivity index (χ0n) is 5.07. The van der Waals surface area contributed by atoms with Gasteiger partial charge in [0.15, 0.2) is 0 Å². The molecule has 0 unspecified atom stereocenters. The van der Waals surface area contributed by atoms with E-state index >= 15 is 0 Å². The molecule has 0 spiro atoms. The first kappa shape index (κ1) is 6.54. The zero-order valence-corrected chi connectivity index (χ0v) is 5.07. The third-order valence-corrected chi connectivity index (χ3v) is 0.676. The fraction of sp³-hybridized carbons (Fsp3) is 0.667. The van der Waals surface area contributed by atoms with Gasteiger partial charge in [-0.1, -0.05) is 13.0 Å². The van der Waals surface area contributed by atoms with Crippen LogP contribution in [0, 0.1) is 0 Å². The Morgan fingerprint density at radius 2 is 2.14 bits per heavy atom. The monoisotopic (exact) mass is 99.1 g/mol. The Morgan fingerprint density at radius 3 is 2.57 bits per heavy atom. The second-order valence-corrected chi connectivity index (χ2v) is 1.37. The minimum Gasteiger partial charge on any atom is -0.391 e. The van der Waals surface area contributed by atoms with Gasteiger partial charge in [-0.05, 0) is 19.5 Å². The molecule has 0 radical (unpaired) electrons. The van der Waals surface area contributed by atoms with Crippen molar-refractivity contribution in [2.45, 2.75) is 20.3 Å². The van der Waals surface area contributed by atoms with E-state index < -0.39 is 0 Å². The Balaban J connectivity index is 2.78. The van der Waals surface area contributed by atoms with Crippen LogP contribution in [-0.2, 0) is 0 Å². The van der Waals surface area contributed by atoms with E-state index in [1.807, 2.05) is 6.20 Å². The van der Waals surface area contributed by atoms with Gasteiger partial charge in [-0.25, -0.2) is 0 Å². The van der Waals surface area contributed by atoms with Crippen molar-refractivity contribution in [3.8, 4) is 0 Å². The van der Waals surface area contributed by atoms with Crippen molar-refractivity contribution in [3.05, 3.63) is 12.3 Å². The third kappa shape index (κ3) is 5.54. The highest BCUT2D eigenvalue weighted by molar-refractivity contribution is 4.76. The van der Waals surface area contributed by atoms with Crippen molar-refractivity contribution in [3.63, 3.8) is 0 Å². The molecule has 0 fully saturated rings. The number of rotatable bonds is 3. The second-order valence-electron chi connectivity index (χ2n) is 1.37. The van der Waals surface area contributed by atoms with Gasteiger partial charge in [0.1, 0.15) is 0 Å². The highest BCUT2D eigenvalue weighted by Gasteiger charge is 1.63. The summed E-state index contributed by atoms with van der Waals surface area (Å²) in [5.41, 5.74) is 0. The van der Waals surface area contributed by atoms with Crippen LogP contribution in [-0.4, -0.2) is 6.54 Å². The maximum atomic E-state index is 3.07. The number of allylic oxidation sites excluding steroid dienone is 1. The van der Waals surface area contributed by atoms with Gasteiger partial charge in [-0.15, -0.1) is 0 Å². The fourth-order valence-electron chi connectivity index (χ4n) is 0.319. The molecule has 0 atom stereocenters. The maximum Gasteiger partial charge on any atom is 0.0112 e. The molecule has 0 saturated carbocycles. The van der Waals surface area contributed by atoms with Crippen LogP contribution in [0.15, 0.2) is 12.3 Å². The van der Waals surface area contributed by atoms with Crippen molar-refractivity contribution in [1.29, 1.82) is 0 Å². The van der Waals surface area contributed by atoms with Gasteiger partial charge in [-0.2, -0.15) is 0 Å². The molecule has 0 heterocycles. The van der Waals surface area contributed by atoms with E-state index in [0.29, 0.717) is 0 Å². The topological polar surface area (TPSA) is 12.0 Å². The number of hydrogen-bond acceptors (Lipinski definition) is 1. The smallest absolute Gasteiger partial charge is 0.0112 e. The van der Waals surface area contributed by atoms with Crippen LogP contribution in [0.4, 0.5) is 0 Å². The molecular weight excluding hydrogens is 86.1 g/mol. The fourth-order valence-corrected chi connectivity index (χ4v) is 0.319. The lowest BCUT2D eigenvalue weighted by Gasteiger charge is -1.87. The largest absolute Gasteiger partial charge is 0.391 e. The highest BCUT2D eigenvalue weighted by atomic mass is 14.8. The van der Waals surface area contributed by atoms with Crippen molar-refractivity contribution >= 4 is 0 Å². The first-order valence-corrected chi connectivity index (χ1v) is 2.80. The van der Waals surface area contributed by atoms with E-state index in [0.717, 1.165) is 13.0 Å². The van der Waals surface area contributed by atoms with Crippen molar-refractivity contribution < 1.29 is 0 Å². The van der Waals surface area contributed by atoms with E-state index in [9.17, 15) is 0 Å². The van der Waals surface area contributed by atoms with Crippen LogP contribution >= 0.6 is 0 Å². The summed E-state index contributed by atoms with van der Waals surface area (Å²) in [4.78, 5) is 0. The summed E-state index contributed by atoms with van der Waals surface area (Å²) in [7, 11) is 0. The average Bonchev–Trinajstić information content (AvgIpc) is 1.69. The lowest BCUT2D eigenvalue weighted by atomic mass is 10.5. The predicted octanol–water partition coefficient (Wildman–Crippen LogP) is 1.52. The standard InChI is InChI=1S/C6H13N/c1-3-5-6-7-4-2/h5-7H,3-4H2,1-2H3/b6-5-. The summed E-state index contributed by atoms with van der Waals surface area (Å²) in [5, 5.41) is 3.07. The predicted molar refractivity (Wildman–Crippen MR) is 33.1 cm³/mol. The molecular formula is C6H13N. The van der Waals surface area contributed by atoms with E-state index in [1.165, 1.54) is 0 Å². The second kappa shape index (κ2) is 5.54. The SMILES string of the molecule is CC/C=C\NCC. The molecule has 0 amide bonds. The van der Waals surface area contributed by atoms with E-state index in [4.69, 9.17) is 0 Å². The molecule has 0 bridgehead atoms. The normalized spacial score (nSPS) is 10.0. The maximum absolute atomic E-state index is 3.07. The number of nitrogens with one attached hydrogen (secondary N) is 1. The van der Waals surface area contributed by atoms with Gasteiger partial charge >= 0.3 is 0 Å². The van der Waals surface area contributed by atoms with Gasteiger partial charge in [-0.3, -0.25) is 0 Å². The molecule has 0 aliphatic rings. The molecule has 0 rings (SSSR count). The van der Waals surface area contributed by atoms with Crippen molar-refractivity contribution in [2.75, 3.05) is 6.54 Å². The summed E-state index contributed by atoms with van der Waals surface area (Å²) < 4.78 is 0. The average molecular weight is 99.2 g/mol. The molecule has 0 saturated heterocycles. The molecule has 0 aromatic heterocycles. The van der Waals surface area contributed by atoms with Gasteiger partial charge in [0.25, 0.3) is 0 Å². The van der Waals surface area contributed by atoms with Crippen LogP contribution in [0.2, 0.25) is 0 Å². The van der Waals surface area contributed by atoms with Crippen molar-refractivity contribution in [1.82, 2.24) is 5.32 Å². The molecule has 0 aromatic rings. The van der Waals surface area contributed by atoms with Gasteiger partial charge in [0, 0.05) is 6.54 Å². The lowest BCUT2D eigenvalue weighted by molar-refractivity contribution is 0.912. The minimum atomic E-state index is 1.02. The molecule has 0 aromatic carbocycles. The van der Waals surface area contributed by atoms with Gasteiger partial charge in [0.2, 0.25) is 0 Å². The number of hydrogen-bond donors (Lipinski definition) is 1. The molecule has 1 nitrogen and oxygen atoms in total. The first-order valence-electron chi connectivity index (χ1n) is 2.80. The van der Waals surface area contributed by atoms with E-state index in [1.54, 1.807) is 0 Å². The van der Waals surface area contributed by atoms with Gasteiger partial charge < -0.3 is 5.32 Å². The van der Waals surface area contributed by atoms with Crippen LogP contribution in [0.5, 0.6) is 0 Å². The molecule has 42 valence electrons. The zero-order chi connectivity index (χ0) is 5.54. The summed E-state index contributed by atoms with van der Waals surface area (Å²) >= 11 is 0.